The molecule has 3 heteroatoms. The zero-order chi connectivity index (χ0) is 14.8. The number of anilines is 1. The quantitative estimate of drug-likeness (QED) is 0.678. The topological polar surface area (TPSA) is 29.5 Å². The van der Waals surface area contributed by atoms with Gasteiger partial charge in [-0.3, -0.25) is 4.90 Å². The van der Waals surface area contributed by atoms with Gasteiger partial charge in [-0.1, -0.05) is 51.3 Å². The average Bonchev–Trinajstić information content (AvgIpc) is 2.48. The van der Waals surface area contributed by atoms with Crippen LogP contribution in [0.4, 0.5) is 10.5 Å². The van der Waals surface area contributed by atoms with E-state index in [1.54, 1.807) is 4.90 Å². The molecule has 1 rings (SSSR count). The maximum absolute atomic E-state index is 12.2. The molecule has 0 saturated carbocycles. The summed E-state index contributed by atoms with van der Waals surface area (Å²) in [6.07, 6.45) is 4.41. The summed E-state index contributed by atoms with van der Waals surface area (Å²) >= 11 is 0. The molecule has 1 atom stereocenters. The summed E-state index contributed by atoms with van der Waals surface area (Å²) in [6, 6.07) is 9.79. The highest BCUT2D eigenvalue weighted by atomic mass is 16.6. The van der Waals surface area contributed by atoms with E-state index in [1.165, 1.54) is 12.8 Å². The predicted molar refractivity (Wildman–Crippen MR) is 84.1 cm³/mol. The van der Waals surface area contributed by atoms with Gasteiger partial charge in [-0.15, -0.1) is 0 Å². The minimum Gasteiger partial charge on any atom is -0.449 e. The molecular formula is C17H27NO2. The van der Waals surface area contributed by atoms with E-state index in [2.05, 4.69) is 13.8 Å². The lowest BCUT2D eigenvalue weighted by Gasteiger charge is -2.26. The molecule has 112 valence electrons. The first-order valence-corrected chi connectivity index (χ1v) is 7.72. The lowest BCUT2D eigenvalue weighted by Crippen LogP contribution is -2.36. The number of benzene rings is 1. The summed E-state index contributed by atoms with van der Waals surface area (Å²) in [5.41, 5.74) is 0.917. The van der Waals surface area contributed by atoms with Gasteiger partial charge in [0.2, 0.25) is 0 Å². The van der Waals surface area contributed by atoms with Gasteiger partial charge in [0.15, 0.2) is 0 Å². The fraction of sp³-hybridized carbons (Fsp3) is 0.588. The van der Waals surface area contributed by atoms with Crippen LogP contribution in [0.15, 0.2) is 30.3 Å². The molecule has 0 radical (unpaired) electrons. The maximum atomic E-state index is 12.2. The highest BCUT2D eigenvalue weighted by molar-refractivity contribution is 5.87. The molecule has 0 spiro atoms. The monoisotopic (exact) mass is 277 g/mol. The molecular weight excluding hydrogens is 250 g/mol. The van der Waals surface area contributed by atoms with Crippen molar-refractivity contribution in [2.45, 2.75) is 46.5 Å². The number of unbranched alkanes of at least 4 members (excludes halogenated alkanes) is 1. The molecule has 3 nitrogen and oxygen atoms in total. The number of carbonyl (C=O) groups excluding carboxylic acids is 1. The van der Waals surface area contributed by atoms with Crippen molar-refractivity contribution in [3.05, 3.63) is 30.3 Å². The van der Waals surface area contributed by atoms with Crippen LogP contribution in [0.1, 0.15) is 46.5 Å². The number of hydrogen-bond donors (Lipinski definition) is 0. The van der Waals surface area contributed by atoms with Gasteiger partial charge in [-0.2, -0.15) is 0 Å². The summed E-state index contributed by atoms with van der Waals surface area (Å²) in [5, 5.41) is 0. The van der Waals surface area contributed by atoms with Crippen LogP contribution in [0.25, 0.3) is 0 Å². The fourth-order valence-corrected chi connectivity index (χ4v) is 2.27. The zero-order valence-corrected chi connectivity index (χ0v) is 13.0. The Hall–Kier alpha value is -1.51. The lowest BCUT2D eigenvalue weighted by atomic mass is 9.98. The van der Waals surface area contributed by atoms with Gasteiger partial charge in [-0.25, -0.2) is 4.79 Å². The van der Waals surface area contributed by atoms with Crippen LogP contribution in [-0.4, -0.2) is 19.2 Å². The van der Waals surface area contributed by atoms with Gasteiger partial charge in [0.25, 0.3) is 0 Å². The molecule has 0 aromatic heterocycles. The molecule has 0 fully saturated rings. The number of carbonyl (C=O) groups is 1. The Balaban J connectivity index is 2.79. The van der Waals surface area contributed by atoms with E-state index in [9.17, 15) is 4.79 Å². The Morgan fingerprint density at radius 3 is 2.45 bits per heavy atom. The van der Waals surface area contributed by atoms with Crippen molar-refractivity contribution in [2.75, 3.05) is 18.1 Å². The second-order valence-corrected chi connectivity index (χ2v) is 5.06. The Labute approximate surface area is 122 Å². The summed E-state index contributed by atoms with van der Waals surface area (Å²) in [5.74, 6) is 0.527. The third-order valence-corrected chi connectivity index (χ3v) is 3.54. The van der Waals surface area contributed by atoms with E-state index in [-0.39, 0.29) is 6.09 Å². The van der Waals surface area contributed by atoms with Crippen LogP contribution >= 0.6 is 0 Å². The normalized spacial score (nSPS) is 11.9. The first-order valence-electron chi connectivity index (χ1n) is 7.72. The van der Waals surface area contributed by atoms with Gasteiger partial charge in [-0.05, 0) is 31.4 Å². The second kappa shape index (κ2) is 9.40. The number of hydrogen-bond acceptors (Lipinski definition) is 2. The number of ether oxygens (including phenoxy) is 1. The van der Waals surface area contributed by atoms with Crippen molar-refractivity contribution in [2.24, 2.45) is 5.92 Å². The number of para-hydroxylation sites is 1. The summed E-state index contributed by atoms with van der Waals surface area (Å²) < 4.78 is 5.20. The van der Waals surface area contributed by atoms with Crippen LogP contribution in [0, 0.1) is 5.92 Å². The van der Waals surface area contributed by atoms with Gasteiger partial charge in [0.1, 0.15) is 0 Å². The Kier molecular flexibility index (Phi) is 7.78. The van der Waals surface area contributed by atoms with Crippen molar-refractivity contribution >= 4 is 11.8 Å². The molecule has 0 aliphatic heterocycles. The molecule has 20 heavy (non-hydrogen) atoms. The lowest BCUT2D eigenvalue weighted by molar-refractivity contribution is 0.158. The Morgan fingerprint density at radius 1 is 1.20 bits per heavy atom. The summed E-state index contributed by atoms with van der Waals surface area (Å²) in [4.78, 5) is 13.9. The number of nitrogens with zero attached hydrogens (tertiary/aromatic N) is 1. The van der Waals surface area contributed by atoms with Crippen molar-refractivity contribution < 1.29 is 9.53 Å². The van der Waals surface area contributed by atoms with Crippen molar-refractivity contribution in [3.8, 4) is 0 Å². The van der Waals surface area contributed by atoms with Crippen LogP contribution < -0.4 is 4.90 Å². The highest BCUT2D eigenvalue weighted by Gasteiger charge is 2.20. The molecule has 1 unspecified atom stereocenters. The smallest absolute Gasteiger partial charge is 0.414 e. The van der Waals surface area contributed by atoms with Crippen LogP contribution in [-0.2, 0) is 4.74 Å². The highest BCUT2D eigenvalue weighted by Crippen LogP contribution is 2.20. The third kappa shape index (κ3) is 5.24. The van der Waals surface area contributed by atoms with Gasteiger partial charge in [0.05, 0.1) is 6.61 Å². The largest absolute Gasteiger partial charge is 0.449 e. The summed E-state index contributed by atoms with van der Waals surface area (Å²) in [7, 11) is 0. The molecule has 0 N–H and O–H groups in total. The Morgan fingerprint density at radius 2 is 1.90 bits per heavy atom. The molecule has 1 aromatic carbocycles. The summed E-state index contributed by atoms with van der Waals surface area (Å²) in [6.45, 7) is 7.38. The van der Waals surface area contributed by atoms with E-state index < -0.39 is 0 Å². The minimum absolute atomic E-state index is 0.242. The van der Waals surface area contributed by atoms with E-state index in [4.69, 9.17) is 4.74 Å². The molecule has 0 aliphatic rings. The van der Waals surface area contributed by atoms with Crippen molar-refractivity contribution in [1.82, 2.24) is 0 Å². The van der Waals surface area contributed by atoms with Crippen LogP contribution in [0.5, 0.6) is 0 Å². The van der Waals surface area contributed by atoms with E-state index in [0.717, 1.165) is 25.1 Å². The molecule has 1 aromatic rings. The van der Waals surface area contributed by atoms with E-state index in [0.29, 0.717) is 12.5 Å². The molecule has 1 amide bonds. The molecule has 0 aliphatic carbocycles. The average molecular weight is 277 g/mol. The van der Waals surface area contributed by atoms with Crippen LogP contribution in [0.2, 0.25) is 0 Å². The SMILES string of the molecule is CCCCC(CC)CN(C(=O)OCC)c1ccccc1. The van der Waals surface area contributed by atoms with Crippen molar-refractivity contribution in [1.29, 1.82) is 0 Å². The second-order valence-electron chi connectivity index (χ2n) is 5.06. The number of rotatable bonds is 8. The molecule has 0 bridgehead atoms. The van der Waals surface area contributed by atoms with Crippen molar-refractivity contribution in [3.63, 3.8) is 0 Å². The number of amides is 1. The molecule has 0 saturated heterocycles. The van der Waals surface area contributed by atoms with Crippen LogP contribution in [0.3, 0.4) is 0 Å². The fourth-order valence-electron chi connectivity index (χ4n) is 2.27. The predicted octanol–water partition coefficient (Wildman–Crippen LogP) is 4.87. The minimum atomic E-state index is -0.242. The first-order chi connectivity index (χ1) is 9.72. The zero-order valence-electron chi connectivity index (χ0n) is 13.0. The van der Waals surface area contributed by atoms with Gasteiger partial charge < -0.3 is 4.74 Å². The Bertz CT molecular complexity index is 378. The first kappa shape index (κ1) is 16.5. The molecule has 0 heterocycles. The van der Waals surface area contributed by atoms with E-state index in [1.807, 2.05) is 37.3 Å². The van der Waals surface area contributed by atoms with Gasteiger partial charge in [0, 0.05) is 12.2 Å². The third-order valence-electron chi connectivity index (χ3n) is 3.54. The van der Waals surface area contributed by atoms with E-state index >= 15 is 0 Å². The van der Waals surface area contributed by atoms with Gasteiger partial charge >= 0.3 is 6.09 Å². The maximum Gasteiger partial charge on any atom is 0.414 e. The standard InChI is InChI=1S/C17H27NO2/c1-4-7-11-15(5-2)14-18(17(19)20-6-3)16-12-9-8-10-13-16/h8-10,12-13,15H,4-7,11,14H2,1-3H3.